The van der Waals surface area contributed by atoms with Gasteiger partial charge in [0, 0.05) is 48.6 Å². The zero-order valence-corrected chi connectivity index (χ0v) is 24.5. The maximum absolute atomic E-state index is 13.1. The number of unbranched alkanes of at least 4 members (excludes halogenated alkanes) is 1. The van der Waals surface area contributed by atoms with Crippen LogP contribution >= 0.6 is 11.6 Å². The zero-order valence-electron chi connectivity index (χ0n) is 23.0. The lowest BCUT2D eigenvalue weighted by Crippen LogP contribution is -2.49. The van der Waals surface area contributed by atoms with E-state index in [0.717, 1.165) is 57.3 Å². The van der Waals surface area contributed by atoms with Gasteiger partial charge in [-0.05, 0) is 85.5 Å². The number of ether oxygens (including phenoxy) is 1. The van der Waals surface area contributed by atoms with Gasteiger partial charge in [0.1, 0.15) is 11.5 Å². The normalized spacial score (nSPS) is 14.5. The number of carbonyl (C=O) groups excluding carboxylic acids is 1. The van der Waals surface area contributed by atoms with E-state index in [-0.39, 0.29) is 12.1 Å². The number of halogens is 1. The van der Waals surface area contributed by atoms with Crippen LogP contribution in [0.4, 0.5) is 16.2 Å². The molecule has 0 saturated carbocycles. The molecule has 2 N–H and O–H groups in total. The van der Waals surface area contributed by atoms with Crippen LogP contribution in [-0.2, 0) is 16.6 Å². The Morgan fingerprint density at radius 1 is 0.975 bits per heavy atom. The molecule has 3 aromatic carbocycles. The molecule has 1 saturated heterocycles. The van der Waals surface area contributed by atoms with Crippen LogP contribution in [0.25, 0.3) is 0 Å². The molecular formula is C30H37ClN4O4S. The summed E-state index contributed by atoms with van der Waals surface area (Å²) in [5, 5.41) is 3.91. The predicted molar refractivity (Wildman–Crippen MR) is 162 cm³/mol. The van der Waals surface area contributed by atoms with Crippen LogP contribution in [0.3, 0.4) is 0 Å². The maximum Gasteiger partial charge on any atom is 0.322 e. The first-order valence-corrected chi connectivity index (χ1v) is 15.9. The van der Waals surface area contributed by atoms with Crippen molar-refractivity contribution < 1.29 is 17.9 Å². The van der Waals surface area contributed by atoms with Gasteiger partial charge >= 0.3 is 6.03 Å². The first-order valence-electron chi connectivity index (χ1n) is 13.6. The minimum Gasteiger partial charge on any atom is -0.457 e. The molecule has 10 heteroatoms. The summed E-state index contributed by atoms with van der Waals surface area (Å²) in [6, 6.07) is 22.3. The van der Waals surface area contributed by atoms with Crippen LogP contribution in [0.15, 0.2) is 72.8 Å². The van der Waals surface area contributed by atoms with E-state index in [1.54, 1.807) is 24.3 Å². The Hall–Kier alpha value is -3.27. The Balaban J connectivity index is 1.24. The van der Waals surface area contributed by atoms with Gasteiger partial charge in [0.15, 0.2) is 0 Å². The Bertz CT molecular complexity index is 1340. The summed E-state index contributed by atoms with van der Waals surface area (Å²) in [5.41, 5.74) is 2.54. The van der Waals surface area contributed by atoms with E-state index in [2.05, 4.69) is 34.0 Å². The molecule has 8 nitrogen and oxygen atoms in total. The van der Waals surface area contributed by atoms with Gasteiger partial charge in [-0.3, -0.25) is 14.5 Å². The van der Waals surface area contributed by atoms with E-state index < -0.39 is 10.0 Å². The van der Waals surface area contributed by atoms with Crippen molar-refractivity contribution in [1.82, 2.24) is 10.2 Å². The van der Waals surface area contributed by atoms with Crippen molar-refractivity contribution in [2.24, 2.45) is 0 Å². The molecule has 0 radical (unpaired) electrons. The molecule has 0 aliphatic carbocycles. The van der Waals surface area contributed by atoms with Crippen molar-refractivity contribution in [2.45, 2.75) is 45.2 Å². The molecular weight excluding hydrogens is 548 g/mol. The van der Waals surface area contributed by atoms with Crippen LogP contribution in [0.5, 0.6) is 11.5 Å². The van der Waals surface area contributed by atoms with Crippen molar-refractivity contribution in [2.75, 3.05) is 35.5 Å². The molecule has 0 aromatic heterocycles. The third-order valence-electron chi connectivity index (χ3n) is 6.76. The maximum atomic E-state index is 13.1. The highest BCUT2D eigenvalue weighted by molar-refractivity contribution is 7.92. The van der Waals surface area contributed by atoms with Crippen molar-refractivity contribution in [3.63, 3.8) is 0 Å². The van der Waals surface area contributed by atoms with Gasteiger partial charge in [-0.15, -0.1) is 0 Å². The molecule has 214 valence electrons. The van der Waals surface area contributed by atoms with Gasteiger partial charge in [0.25, 0.3) is 0 Å². The number of anilines is 2. The lowest BCUT2D eigenvalue weighted by molar-refractivity contribution is 0.188. The number of benzene rings is 3. The molecule has 4 rings (SSSR count). The predicted octanol–water partition coefficient (Wildman–Crippen LogP) is 6.48. The van der Waals surface area contributed by atoms with Crippen LogP contribution in [0.1, 0.15) is 38.2 Å². The molecule has 1 aliphatic heterocycles. The molecule has 0 bridgehead atoms. The monoisotopic (exact) mass is 584 g/mol. The zero-order chi connectivity index (χ0) is 28.5. The summed E-state index contributed by atoms with van der Waals surface area (Å²) in [4.78, 5) is 17.4. The van der Waals surface area contributed by atoms with Gasteiger partial charge in [0.2, 0.25) is 10.0 Å². The average molecular weight is 585 g/mol. The first-order chi connectivity index (χ1) is 19.2. The third-order valence-corrected chi connectivity index (χ3v) is 7.62. The quantitative estimate of drug-likeness (QED) is 0.269. The highest BCUT2D eigenvalue weighted by Crippen LogP contribution is 2.25. The number of nitrogens with zero attached hydrogens (tertiary/aromatic N) is 2. The van der Waals surface area contributed by atoms with E-state index in [4.69, 9.17) is 16.3 Å². The van der Waals surface area contributed by atoms with Crippen molar-refractivity contribution in [1.29, 1.82) is 0 Å². The number of likely N-dealkylation sites (tertiary alicyclic amines) is 1. The lowest BCUT2D eigenvalue weighted by Gasteiger charge is -2.34. The second kappa shape index (κ2) is 13.9. The second-order valence-corrected chi connectivity index (χ2v) is 12.3. The largest absolute Gasteiger partial charge is 0.457 e. The van der Waals surface area contributed by atoms with Crippen LogP contribution in [-0.4, -0.2) is 51.3 Å². The smallest absolute Gasteiger partial charge is 0.322 e. The molecule has 0 unspecified atom stereocenters. The molecule has 1 heterocycles. The molecule has 1 fully saturated rings. The van der Waals surface area contributed by atoms with Gasteiger partial charge in [-0.25, -0.2) is 13.2 Å². The van der Waals surface area contributed by atoms with Gasteiger partial charge in [-0.2, -0.15) is 0 Å². The number of nitrogens with one attached hydrogen (secondary N) is 2. The SMILES string of the molecule is CCCCN(C(=O)NC1CCN(Cc2ccc(Oc3ccc(NS(C)(=O)=O)cc3)cc2)CC1)c1ccc(Cl)cc1. The topological polar surface area (TPSA) is 91.0 Å². The van der Waals surface area contributed by atoms with Crippen molar-refractivity contribution >= 4 is 39.0 Å². The minimum absolute atomic E-state index is 0.0499. The standard InChI is InChI=1S/C30H37ClN4O4S/c1-3-4-19-35(27-11-7-24(31)8-12-27)30(36)32-25-17-20-34(21-18-25)22-23-5-13-28(14-6-23)39-29-15-9-26(10-16-29)33-40(2,37)38/h5-16,25,33H,3-4,17-22H2,1-2H3,(H,32,36). The van der Waals surface area contributed by atoms with E-state index in [0.29, 0.717) is 28.8 Å². The number of carbonyl (C=O) groups is 1. The molecule has 2 amide bonds. The Morgan fingerprint density at radius 2 is 1.57 bits per heavy atom. The Labute approximate surface area is 242 Å². The fourth-order valence-electron chi connectivity index (χ4n) is 4.64. The average Bonchev–Trinajstić information content (AvgIpc) is 2.92. The van der Waals surface area contributed by atoms with Crippen molar-refractivity contribution in [3.05, 3.63) is 83.4 Å². The fraction of sp³-hybridized carbons (Fsp3) is 0.367. The van der Waals surface area contributed by atoms with Gasteiger partial charge < -0.3 is 10.1 Å². The van der Waals surface area contributed by atoms with Gasteiger partial charge in [0.05, 0.1) is 6.26 Å². The first kappa shape index (κ1) is 29.7. The van der Waals surface area contributed by atoms with Crippen LogP contribution in [0, 0.1) is 0 Å². The number of hydrogen-bond acceptors (Lipinski definition) is 5. The van der Waals surface area contributed by atoms with Crippen molar-refractivity contribution in [3.8, 4) is 11.5 Å². The Morgan fingerprint density at radius 3 is 2.15 bits per heavy atom. The third kappa shape index (κ3) is 9.15. The number of hydrogen-bond donors (Lipinski definition) is 2. The number of amides is 2. The number of piperidine rings is 1. The molecule has 3 aromatic rings. The minimum atomic E-state index is -3.31. The second-order valence-electron chi connectivity index (χ2n) is 10.1. The van der Waals surface area contributed by atoms with E-state index in [1.165, 1.54) is 5.56 Å². The highest BCUT2D eigenvalue weighted by atomic mass is 35.5. The van der Waals surface area contributed by atoms with Gasteiger partial charge in [-0.1, -0.05) is 37.1 Å². The summed E-state index contributed by atoms with van der Waals surface area (Å²) in [6.07, 6.45) is 4.87. The Kier molecular flexibility index (Phi) is 10.3. The summed E-state index contributed by atoms with van der Waals surface area (Å²) in [6.45, 7) is 5.45. The molecule has 40 heavy (non-hydrogen) atoms. The van der Waals surface area contributed by atoms with E-state index in [1.807, 2.05) is 41.3 Å². The molecule has 0 spiro atoms. The summed E-state index contributed by atoms with van der Waals surface area (Å²) >= 11 is 6.04. The highest BCUT2D eigenvalue weighted by Gasteiger charge is 2.23. The summed E-state index contributed by atoms with van der Waals surface area (Å²) in [5.74, 6) is 1.34. The molecule has 0 atom stereocenters. The fourth-order valence-corrected chi connectivity index (χ4v) is 5.33. The number of sulfonamides is 1. The van der Waals surface area contributed by atoms with Crippen LogP contribution < -0.4 is 19.7 Å². The summed E-state index contributed by atoms with van der Waals surface area (Å²) < 4.78 is 31.0. The lowest BCUT2D eigenvalue weighted by atomic mass is 10.0. The van der Waals surface area contributed by atoms with Crippen LogP contribution in [0.2, 0.25) is 5.02 Å². The van der Waals surface area contributed by atoms with E-state index >= 15 is 0 Å². The number of rotatable bonds is 11. The summed E-state index contributed by atoms with van der Waals surface area (Å²) in [7, 11) is -3.31. The number of urea groups is 1. The van der Waals surface area contributed by atoms with E-state index in [9.17, 15) is 13.2 Å². The molecule has 1 aliphatic rings.